The van der Waals surface area contributed by atoms with Crippen molar-refractivity contribution < 1.29 is 4.79 Å². The van der Waals surface area contributed by atoms with Gasteiger partial charge in [0.2, 0.25) is 11.0 Å². The van der Waals surface area contributed by atoms with Crippen molar-refractivity contribution in [1.29, 1.82) is 10.8 Å². The van der Waals surface area contributed by atoms with Crippen LogP contribution in [0.4, 0.5) is 5.13 Å². The largest absolute Gasteiger partial charge is 0.363 e. The molecule has 5 N–H and O–H groups in total. The molecule has 0 radical (unpaired) electrons. The second-order valence-electron chi connectivity index (χ2n) is 7.63. The lowest BCUT2D eigenvalue weighted by Crippen LogP contribution is -2.31. The van der Waals surface area contributed by atoms with Gasteiger partial charge in [-0.3, -0.25) is 15.6 Å². The molecule has 10 heteroatoms. The maximum Gasteiger partial charge on any atom is 0.230 e. The fourth-order valence-electron chi connectivity index (χ4n) is 4.02. The number of aromatic nitrogens is 3. The van der Waals surface area contributed by atoms with Gasteiger partial charge in [-0.25, -0.2) is 0 Å². The maximum absolute atomic E-state index is 12.4. The highest BCUT2D eigenvalue weighted by atomic mass is 32.2. The van der Waals surface area contributed by atoms with Crippen LogP contribution in [0.3, 0.4) is 0 Å². The molecule has 2 unspecified atom stereocenters. The first-order chi connectivity index (χ1) is 15.0. The lowest BCUT2D eigenvalue weighted by atomic mass is 9.82. The minimum Gasteiger partial charge on any atom is -0.363 e. The summed E-state index contributed by atoms with van der Waals surface area (Å²) in [6.07, 6.45) is 5.88. The van der Waals surface area contributed by atoms with Crippen molar-refractivity contribution in [2.75, 3.05) is 12.4 Å². The van der Waals surface area contributed by atoms with Gasteiger partial charge in [-0.05, 0) is 48.7 Å². The molecule has 1 fully saturated rings. The highest BCUT2D eigenvalue weighted by Gasteiger charge is 2.29. The van der Waals surface area contributed by atoms with Crippen molar-refractivity contribution in [3.8, 4) is 0 Å². The first kappa shape index (κ1) is 21.5. The smallest absolute Gasteiger partial charge is 0.230 e. The Hall–Kier alpha value is -2.72. The molecule has 2 atom stereocenters. The Bertz CT molecular complexity index is 1110. The molecule has 1 aliphatic carbocycles. The first-order valence-corrected chi connectivity index (χ1v) is 11.9. The number of hydrogen-bond acceptors (Lipinski definition) is 8. The van der Waals surface area contributed by atoms with Gasteiger partial charge >= 0.3 is 0 Å². The van der Waals surface area contributed by atoms with Crippen molar-refractivity contribution in [2.24, 2.45) is 5.92 Å². The summed E-state index contributed by atoms with van der Waals surface area (Å²) in [7, 11) is 1.83. The number of carbonyl (C=O) groups excluding carboxylic acids is 1. The minimum atomic E-state index is -0.242. The summed E-state index contributed by atoms with van der Waals surface area (Å²) in [4.78, 5) is 15.6. The average molecular weight is 456 g/mol. The molecule has 162 valence electrons. The molecule has 3 aromatic rings. The number of anilines is 1. The van der Waals surface area contributed by atoms with Crippen LogP contribution in [0.15, 0.2) is 30.5 Å². The number of fused-ring (bicyclic) bond motifs is 1. The molecule has 2 heterocycles. The van der Waals surface area contributed by atoms with Gasteiger partial charge in [0.15, 0.2) is 5.17 Å². The SMILES string of the molecule is CNc1nnc(C2CCCC(C(=N)SC(=N)NC(=O)Cc3cccc4[nH]ccc34)C2)s1. The Labute approximate surface area is 188 Å². The van der Waals surface area contributed by atoms with Crippen LogP contribution in [0.1, 0.15) is 42.2 Å². The van der Waals surface area contributed by atoms with E-state index in [-0.39, 0.29) is 23.4 Å². The number of rotatable bonds is 5. The first-order valence-electron chi connectivity index (χ1n) is 10.2. The van der Waals surface area contributed by atoms with E-state index in [1.54, 1.807) is 11.3 Å². The minimum absolute atomic E-state index is 0.00625. The quantitative estimate of drug-likeness (QED) is 0.289. The highest BCUT2D eigenvalue weighted by Crippen LogP contribution is 2.39. The van der Waals surface area contributed by atoms with Crippen molar-refractivity contribution in [3.63, 3.8) is 0 Å². The van der Waals surface area contributed by atoms with Gasteiger partial charge in [0.05, 0.1) is 11.5 Å². The van der Waals surface area contributed by atoms with Crippen LogP contribution in [-0.2, 0) is 11.2 Å². The van der Waals surface area contributed by atoms with Gasteiger partial charge in [0, 0.05) is 36.0 Å². The van der Waals surface area contributed by atoms with Crippen molar-refractivity contribution in [1.82, 2.24) is 20.5 Å². The van der Waals surface area contributed by atoms with Crippen LogP contribution in [-0.4, -0.2) is 38.3 Å². The van der Waals surface area contributed by atoms with Gasteiger partial charge in [0.1, 0.15) is 5.01 Å². The second-order valence-corrected chi connectivity index (χ2v) is 9.69. The molecular formula is C21H25N7OS2. The third kappa shape index (κ3) is 5.13. The molecule has 4 rings (SSSR count). The van der Waals surface area contributed by atoms with E-state index >= 15 is 0 Å². The molecule has 0 bridgehead atoms. The molecule has 8 nitrogen and oxygen atoms in total. The number of nitrogens with zero attached hydrogens (tertiary/aromatic N) is 2. The van der Waals surface area contributed by atoms with E-state index in [1.165, 1.54) is 0 Å². The summed E-state index contributed by atoms with van der Waals surface area (Å²) in [5.41, 5.74) is 1.90. The Balaban J connectivity index is 1.30. The zero-order chi connectivity index (χ0) is 21.8. The van der Waals surface area contributed by atoms with Crippen LogP contribution >= 0.6 is 23.1 Å². The summed E-state index contributed by atoms with van der Waals surface area (Å²) < 4.78 is 0. The monoisotopic (exact) mass is 455 g/mol. The number of amidine groups is 1. The molecule has 1 aromatic carbocycles. The lowest BCUT2D eigenvalue weighted by molar-refractivity contribution is -0.118. The van der Waals surface area contributed by atoms with Crippen LogP contribution in [0, 0.1) is 16.7 Å². The Kier molecular flexibility index (Phi) is 6.67. The Morgan fingerprint density at radius 1 is 1.29 bits per heavy atom. The number of H-pyrrole nitrogens is 1. The van der Waals surface area contributed by atoms with Crippen LogP contribution < -0.4 is 10.6 Å². The molecule has 0 spiro atoms. The topological polar surface area (TPSA) is 130 Å². The number of benzene rings is 1. The predicted octanol–water partition coefficient (Wildman–Crippen LogP) is 4.34. The average Bonchev–Trinajstić information content (AvgIpc) is 3.43. The van der Waals surface area contributed by atoms with Crippen LogP contribution in [0.5, 0.6) is 0 Å². The summed E-state index contributed by atoms with van der Waals surface area (Å²) in [6.45, 7) is 0. The van der Waals surface area contributed by atoms with Gasteiger partial charge < -0.3 is 15.6 Å². The van der Waals surface area contributed by atoms with Crippen molar-refractivity contribution >= 4 is 55.3 Å². The third-order valence-corrected chi connectivity index (χ3v) is 7.51. The van der Waals surface area contributed by atoms with Crippen molar-refractivity contribution in [2.45, 2.75) is 38.0 Å². The predicted molar refractivity (Wildman–Crippen MR) is 127 cm³/mol. The summed E-state index contributed by atoms with van der Waals surface area (Å²) in [5.74, 6) is 0.135. The molecule has 1 amide bonds. The number of thioether (sulfide) groups is 1. The lowest BCUT2D eigenvalue weighted by Gasteiger charge is -2.27. The molecule has 31 heavy (non-hydrogen) atoms. The van der Waals surface area contributed by atoms with E-state index in [1.807, 2.05) is 37.5 Å². The Morgan fingerprint density at radius 3 is 2.97 bits per heavy atom. The third-order valence-electron chi connectivity index (χ3n) is 5.55. The molecule has 2 aromatic heterocycles. The molecule has 1 saturated carbocycles. The molecule has 1 aliphatic rings. The number of hydrogen-bond donors (Lipinski definition) is 5. The summed E-state index contributed by atoms with van der Waals surface area (Å²) >= 11 is 2.61. The Morgan fingerprint density at radius 2 is 2.16 bits per heavy atom. The molecular weight excluding hydrogens is 430 g/mol. The molecule has 0 aliphatic heterocycles. The van der Waals surface area contributed by atoms with Crippen LogP contribution in [0.25, 0.3) is 10.9 Å². The normalized spacial score (nSPS) is 18.6. The van der Waals surface area contributed by atoms with Crippen LogP contribution in [0.2, 0.25) is 0 Å². The zero-order valence-electron chi connectivity index (χ0n) is 17.2. The summed E-state index contributed by atoms with van der Waals surface area (Å²) in [6, 6.07) is 7.75. The fraction of sp³-hybridized carbons (Fsp3) is 0.381. The van der Waals surface area contributed by atoms with Crippen molar-refractivity contribution in [3.05, 3.63) is 41.0 Å². The van der Waals surface area contributed by atoms with Gasteiger partial charge in [-0.1, -0.05) is 29.9 Å². The second kappa shape index (κ2) is 9.61. The maximum atomic E-state index is 12.4. The zero-order valence-corrected chi connectivity index (χ0v) is 18.8. The van der Waals surface area contributed by atoms with Gasteiger partial charge in [-0.15, -0.1) is 10.2 Å². The number of amides is 1. The number of nitrogens with one attached hydrogen (secondary N) is 5. The van der Waals surface area contributed by atoms with E-state index in [0.29, 0.717) is 11.0 Å². The van der Waals surface area contributed by atoms with E-state index < -0.39 is 0 Å². The van der Waals surface area contributed by atoms with E-state index in [9.17, 15) is 4.79 Å². The molecule has 0 saturated heterocycles. The number of aromatic amines is 1. The fourth-order valence-corrected chi connectivity index (χ4v) is 5.63. The van der Waals surface area contributed by atoms with E-state index in [4.69, 9.17) is 10.8 Å². The van der Waals surface area contributed by atoms with Gasteiger partial charge in [0.25, 0.3) is 0 Å². The highest BCUT2D eigenvalue weighted by molar-refractivity contribution is 8.26. The van der Waals surface area contributed by atoms with Gasteiger partial charge in [-0.2, -0.15) is 0 Å². The summed E-state index contributed by atoms with van der Waals surface area (Å²) in [5, 5.41) is 34.0. The number of carbonyl (C=O) groups is 1. The van der Waals surface area contributed by atoms with E-state index in [0.717, 1.165) is 64.1 Å². The standard InChI is InChI=1S/C21H25N7OS2/c1-24-21-28-27-19(31-21)14-6-2-5-13(10-14)18(22)30-20(23)26-17(29)11-12-4-3-7-16-15(12)8-9-25-16/h3-4,7-9,13-14,22,25H,2,5-6,10-11H2,1H3,(H,24,28)(H2,23,26,29). The van der Waals surface area contributed by atoms with E-state index in [2.05, 4.69) is 25.8 Å².